The number of amides is 1. The van der Waals surface area contributed by atoms with Crippen molar-refractivity contribution in [3.63, 3.8) is 0 Å². The van der Waals surface area contributed by atoms with Crippen molar-refractivity contribution in [2.45, 2.75) is 71.1 Å². The van der Waals surface area contributed by atoms with E-state index < -0.39 is 0 Å². The Labute approximate surface area is 189 Å². The zero-order chi connectivity index (χ0) is 19.2. The van der Waals surface area contributed by atoms with Crippen molar-refractivity contribution in [2.75, 3.05) is 52.4 Å². The quantitative estimate of drug-likeness (QED) is 0.218. The number of hydrogen-bond donors (Lipinski definition) is 2. The summed E-state index contributed by atoms with van der Waals surface area (Å²) >= 11 is 0. The fourth-order valence-corrected chi connectivity index (χ4v) is 3.94. The Morgan fingerprint density at radius 1 is 0.929 bits per heavy atom. The van der Waals surface area contributed by atoms with Gasteiger partial charge in [0.05, 0.1) is 0 Å². The standard InChI is InChI=1S/C21H41N5O.HI/c1-2-22-21(23-13-10-17-25-15-7-3-4-8-16-25)24-14-11-19-26-18-9-5-6-12-20(26)27;/h2-19H2,1H3,(H2,22,23,24);1H. The summed E-state index contributed by atoms with van der Waals surface area (Å²) in [4.78, 5) is 21.4. The average Bonchev–Trinajstić information content (AvgIpc) is 3.05. The summed E-state index contributed by atoms with van der Waals surface area (Å²) in [7, 11) is 0. The molecule has 2 N–H and O–H groups in total. The molecule has 0 aromatic carbocycles. The van der Waals surface area contributed by atoms with Crippen LogP contribution in [0.4, 0.5) is 0 Å². The molecule has 2 saturated heterocycles. The van der Waals surface area contributed by atoms with Crippen LogP contribution in [0.2, 0.25) is 0 Å². The Morgan fingerprint density at radius 3 is 2.39 bits per heavy atom. The molecule has 0 aliphatic carbocycles. The summed E-state index contributed by atoms with van der Waals surface area (Å²) in [6, 6.07) is 0. The topological polar surface area (TPSA) is 60.0 Å². The number of halogens is 1. The van der Waals surface area contributed by atoms with Gasteiger partial charge in [-0.05, 0) is 65.1 Å². The van der Waals surface area contributed by atoms with Gasteiger partial charge in [-0.3, -0.25) is 9.79 Å². The number of nitrogens with one attached hydrogen (secondary N) is 2. The van der Waals surface area contributed by atoms with Gasteiger partial charge in [-0.25, -0.2) is 0 Å². The predicted molar refractivity (Wildman–Crippen MR) is 129 cm³/mol. The van der Waals surface area contributed by atoms with E-state index in [0.717, 1.165) is 70.8 Å². The second-order valence-electron chi connectivity index (χ2n) is 7.84. The highest BCUT2D eigenvalue weighted by Crippen LogP contribution is 2.11. The van der Waals surface area contributed by atoms with Gasteiger partial charge in [0.1, 0.15) is 0 Å². The molecule has 1 amide bonds. The van der Waals surface area contributed by atoms with Crippen molar-refractivity contribution in [3.05, 3.63) is 0 Å². The molecule has 2 heterocycles. The van der Waals surface area contributed by atoms with Crippen LogP contribution in [0.3, 0.4) is 0 Å². The lowest BCUT2D eigenvalue weighted by molar-refractivity contribution is -0.130. The third-order valence-corrected chi connectivity index (χ3v) is 5.51. The van der Waals surface area contributed by atoms with Gasteiger partial charge in [0.15, 0.2) is 5.96 Å². The SMILES string of the molecule is CCNC(=NCCCN1CCCCCC1=O)NCCCN1CCCCCC1.I. The van der Waals surface area contributed by atoms with E-state index in [1.807, 2.05) is 4.90 Å². The van der Waals surface area contributed by atoms with Gasteiger partial charge in [0.2, 0.25) is 5.91 Å². The molecule has 0 saturated carbocycles. The maximum absolute atomic E-state index is 12.0. The fraction of sp³-hybridized carbons (Fsp3) is 0.905. The number of nitrogens with zero attached hydrogens (tertiary/aromatic N) is 3. The minimum absolute atomic E-state index is 0. The maximum Gasteiger partial charge on any atom is 0.222 e. The van der Waals surface area contributed by atoms with Crippen LogP contribution >= 0.6 is 24.0 Å². The van der Waals surface area contributed by atoms with Gasteiger partial charge in [0, 0.05) is 39.1 Å². The third-order valence-electron chi connectivity index (χ3n) is 5.51. The number of guanidine groups is 1. The first-order valence-corrected chi connectivity index (χ1v) is 11.3. The average molecular weight is 508 g/mol. The van der Waals surface area contributed by atoms with E-state index in [9.17, 15) is 4.79 Å². The Kier molecular flexibility index (Phi) is 14.8. The van der Waals surface area contributed by atoms with Crippen LogP contribution in [-0.4, -0.2) is 74.0 Å². The lowest BCUT2D eigenvalue weighted by Gasteiger charge is -2.20. The largest absolute Gasteiger partial charge is 0.357 e. The Hall–Kier alpha value is -0.570. The van der Waals surface area contributed by atoms with Crippen LogP contribution in [0.1, 0.15) is 71.1 Å². The van der Waals surface area contributed by atoms with Gasteiger partial charge in [-0.2, -0.15) is 0 Å². The second kappa shape index (κ2) is 16.3. The molecule has 0 aromatic rings. The molecular weight excluding hydrogens is 465 g/mol. The lowest BCUT2D eigenvalue weighted by Crippen LogP contribution is -2.39. The molecule has 2 aliphatic heterocycles. The molecule has 2 fully saturated rings. The number of likely N-dealkylation sites (tertiary alicyclic amines) is 2. The second-order valence-corrected chi connectivity index (χ2v) is 7.84. The number of carbonyl (C=O) groups excluding carboxylic acids is 1. The molecular formula is C21H42IN5O. The molecule has 0 atom stereocenters. The van der Waals surface area contributed by atoms with Crippen LogP contribution in [0.5, 0.6) is 0 Å². The summed E-state index contributed by atoms with van der Waals surface area (Å²) in [6.07, 6.45) is 11.7. The molecule has 0 unspecified atom stereocenters. The Morgan fingerprint density at radius 2 is 1.64 bits per heavy atom. The van der Waals surface area contributed by atoms with Crippen LogP contribution in [0, 0.1) is 0 Å². The molecule has 164 valence electrons. The maximum atomic E-state index is 12.0. The molecule has 7 heteroatoms. The van der Waals surface area contributed by atoms with Crippen molar-refractivity contribution < 1.29 is 4.79 Å². The first-order chi connectivity index (χ1) is 13.3. The highest BCUT2D eigenvalue weighted by molar-refractivity contribution is 14.0. The monoisotopic (exact) mass is 507 g/mol. The van der Waals surface area contributed by atoms with Crippen molar-refractivity contribution in [3.8, 4) is 0 Å². The van der Waals surface area contributed by atoms with Gasteiger partial charge in [0.25, 0.3) is 0 Å². The van der Waals surface area contributed by atoms with Crippen molar-refractivity contribution in [1.29, 1.82) is 0 Å². The Bertz CT molecular complexity index is 439. The van der Waals surface area contributed by atoms with Crippen molar-refractivity contribution >= 4 is 35.8 Å². The van der Waals surface area contributed by atoms with Crippen LogP contribution in [-0.2, 0) is 4.79 Å². The van der Waals surface area contributed by atoms with Gasteiger partial charge < -0.3 is 20.4 Å². The highest BCUT2D eigenvalue weighted by atomic mass is 127. The van der Waals surface area contributed by atoms with E-state index in [4.69, 9.17) is 0 Å². The molecule has 28 heavy (non-hydrogen) atoms. The highest BCUT2D eigenvalue weighted by Gasteiger charge is 2.15. The van der Waals surface area contributed by atoms with E-state index in [2.05, 4.69) is 27.4 Å². The molecule has 0 spiro atoms. The Balaban J connectivity index is 0.00000392. The van der Waals surface area contributed by atoms with E-state index in [1.165, 1.54) is 51.7 Å². The fourth-order valence-electron chi connectivity index (χ4n) is 3.94. The van der Waals surface area contributed by atoms with Crippen molar-refractivity contribution in [1.82, 2.24) is 20.4 Å². The first-order valence-electron chi connectivity index (χ1n) is 11.3. The summed E-state index contributed by atoms with van der Waals surface area (Å²) in [6.45, 7) is 10.2. The van der Waals surface area contributed by atoms with Crippen molar-refractivity contribution in [2.24, 2.45) is 4.99 Å². The molecule has 0 aromatic heterocycles. The number of aliphatic imine (C=N–C) groups is 1. The van der Waals surface area contributed by atoms with E-state index >= 15 is 0 Å². The van der Waals surface area contributed by atoms with Crippen LogP contribution in [0.15, 0.2) is 4.99 Å². The minimum atomic E-state index is 0. The molecule has 0 radical (unpaired) electrons. The van der Waals surface area contributed by atoms with Crippen LogP contribution in [0.25, 0.3) is 0 Å². The summed E-state index contributed by atoms with van der Waals surface area (Å²) in [5.41, 5.74) is 0. The first kappa shape index (κ1) is 25.5. The third kappa shape index (κ3) is 10.8. The van der Waals surface area contributed by atoms with Gasteiger partial charge >= 0.3 is 0 Å². The summed E-state index contributed by atoms with van der Waals surface area (Å²) in [5.74, 6) is 1.24. The number of rotatable bonds is 9. The molecule has 0 bridgehead atoms. The zero-order valence-corrected chi connectivity index (χ0v) is 20.2. The summed E-state index contributed by atoms with van der Waals surface area (Å²) < 4.78 is 0. The zero-order valence-electron chi connectivity index (χ0n) is 17.9. The van der Waals surface area contributed by atoms with Gasteiger partial charge in [-0.15, -0.1) is 24.0 Å². The van der Waals surface area contributed by atoms with E-state index in [1.54, 1.807) is 0 Å². The predicted octanol–water partition coefficient (Wildman–Crippen LogP) is 3.22. The summed E-state index contributed by atoms with van der Waals surface area (Å²) in [5, 5.41) is 6.80. The number of carbonyl (C=O) groups is 1. The smallest absolute Gasteiger partial charge is 0.222 e. The minimum Gasteiger partial charge on any atom is -0.357 e. The lowest BCUT2D eigenvalue weighted by atomic mass is 10.2. The molecule has 6 nitrogen and oxygen atoms in total. The number of hydrogen-bond acceptors (Lipinski definition) is 3. The molecule has 2 aliphatic rings. The van der Waals surface area contributed by atoms with Gasteiger partial charge in [-0.1, -0.05) is 19.3 Å². The van der Waals surface area contributed by atoms with E-state index in [0.29, 0.717) is 5.91 Å². The normalized spacial score (nSPS) is 19.5. The van der Waals surface area contributed by atoms with E-state index in [-0.39, 0.29) is 24.0 Å². The van der Waals surface area contributed by atoms with Crippen LogP contribution < -0.4 is 10.6 Å². The molecule has 2 rings (SSSR count).